The molecule has 5 heteroatoms. The van der Waals surface area contributed by atoms with E-state index < -0.39 is 0 Å². The van der Waals surface area contributed by atoms with Crippen molar-refractivity contribution in [1.82, 2.24) is 20.1 Å². The maximum atomic E-state index is 5.55. The molecule has 21 heavy (non-hydrogen) atoms. The van der Waals surface area contributed by atoms with Gasteiger partial charge in [-0.05, 0) is 30.5 Å². The first-order valence-electron chi connectivity index (χ1n) is 7.66. The minimum atomic E-state index is 0.475. The van der Waals surface area contributed by atoms with Crippen LogP contribution in [0.2, 0.25) is 0 Å². The minimum Gasteiger partial charge on any atom is -0.493 e. The van der Waals surface area contributed by atoms with Crippen molar-refractivity contribution in [1.29, 1.82) is 0 Å². The van der Waals surface area contributed by atoms with E-state index >= 15 is 0 Å². The highest BCUT2D eigenvalue weighted by molar-refractivity contribution is 5.39. The fourth-order valence-corrected chi connectivity index (χ4v) is 3.21. The molecule has 0 saturated heterocycles. The molecule has 0 saturated carbocycles. The first kappa shape index (κ1) is 12.8. The van der Waals surface area contributed by atoms with Gasteiger partial charge in [-0.3, -0.25) is 0 Å². The van der Waals surface area contributed by atoms with Gasteiger partial charge in [0.2, 0.25) is 0 Å². The summed E-state index contributed by atoms with van der Waals surface area (Å²) < 4.78 is 7.60. The number of nitrogens with one attached hydrogen (secondary N) is 1. The Morgan fingerprint density at radius 2 is 2.33 bits per heavy atom. The third-order valence-electron chi connectivity index (χ3n) is 4.31. The summed E-state index contributed by atoms with van der Waals surface area (Å²) in [5, 5.41) is 8.10. The van der Waals surface area contributed by atoms with Crippen molar-refractivity contribution >= 4 is 0 Å². The molecule has 2 aromatic rings. The van der Waals surface area contributed by atoms with Gasteiger partial charge in [0.15, 0.2) is 0 Å². The van der Waals surface area contributed by atoms with E-state index in [1.165, 1.54) is 11.1 Å². The van der Waals surface area contributed by atoms with Gasteiger partial charge in [0.1, 0.15) is 17.4 Å². The van der Waals surface area contributed by atoms with E-state index in [1.54, 1.807) is 0 Å². The first-order chi connectivity index (χ1) is 10.3. The number of aryl methyl sites for hydroxylation is 2. The van der Waals surface area contributed by atoms with Crippen LogP contribution in [0.25, 0.3) is 0 Å². The van der Waals surface area contributed by atoms with Crippen LogP contribution in [0, 0.1) is 6.92 Å². The predicted molar refractivity (Wildman–Crippen MR) is 79.3 cm³/mol. The van der Waals surface area contributed by atoms with E-state index in [0.717, 1.165) is 56.4 Å². The van der Waals surface area contributed by atoms with Crippen molar-refractivity contribution in [3.63, 3.8) is 0 Å². The number of fused-ring (bicyclic) bond motifs is 2. The summed E-state index contributed by atoms with van der Waals surface area (Å²) in [5.41, 5.74) is 2.67. The van der Waals surface area contributed by atoms with Crippen molar-refractivity contribution in [3.8, 4) is 5.75 Å². The second kappa shape index (κ2) is 5.15. The van der Waals surface area contributed by atoms with Crippen LogP contribution in [0.4, 0.5) is 0 Å². The zero-order valence-corrected chi connectivity index (χ0v) is 12.3. The monoisotopic (exact) mass is 284 g/mol. The number of hydrogen-bond acceptors (Lipinski definition) is 4. The predicted octanol–water partition coefficient (Wildman–Crippen LogP) is 1.63. The topological polar surface area (TPSA) is 52.0 Å². The van der Waals surface area contributed by atoms with Gasteiger partial charge in [0, 0.05) is 25.4 Å². The minimum absolute atomic E-state index is 0.475. The van der Waals surface area contributed by atoms with Crippen molar-refractivity contribution in [2.75, 3.05) is 6.61 Å². The Kier molecular flexibility index (Phi) is 3.15. The lowest BCUT2D eigenvalue weighted by Gasteiger charge is -2.23. The van der Waals surface area contributed by atoms with Gasteiger partial charge in [-0.1, -0.05) is 12.1 Å². The molecule has 2 aliphatic heterocycles. The summed E-state index contributed by atoms with van der Waals surface area (Å²) in [6, 6.07) is 7.00. The second-order valence-corrected chi connectivity index (χ2v) is 5.91. The molecule has 1 aromatic carbocycles. The Labute approximate surface area is 124 Å². The van der Waals surface area contributed by atoms with Crippen LogP contribution >= 0.6 is 0 Å². The Balaban J connectivity index is 1.39. The number of benzene rings is 1. The summed E-state index contributed by atoms with van der Waals surface area (Å²) in [6.07, 6.45) is 3.18. The molecule has 0 aliphatic carbocycles. The van der Waals surface area contributed by atoms with Gasteiger partial charge >= 0.3 is 0 Å². The van der Waals surface area contributed by atoms with Crippen LogP contribution in [0.5, 0.6) is 5.75 Å². The molecule has 5 nitrogen and oxygen atoms in total. The van der Waals surface area contributed by atoms with Crippen LogP contribution < -0.4 is 10.1 Å². The Hall–Kier alpha value is -1.88. The molecule has 0 fully saturated rings. The van der Waals surface area contributed by atoms with Crippen molar-refractivity contribution < 1.29 is 4.74 Å². The van der Waals surface area contributed by atoms with Crippen molar-refractivity contribution in [3.05, 3.63) is 41.0 Å². The molecule has 0 spiro atoms. The summed E-state index contributed by atoms with van der Waals surface area (Å²) in [6.45, 7) is 4.61. The molecule has 1 atom stereocenters. The lowest BCUT2D eigenvalue weighted by atomic mass is 10.1. The number of aromatic nitrogens is 3. The molecule has 2 aliphatic rings. The van der Waals surface area contributed by atoms with Crippen LogP contribution in [-0.2, 0) is 25.9 Å². The Bertz CT molecular complexity index is 664. The molecule has 1 aromatic heterocycles. The number of hydrogen-bond donors (Lipinski definition) is 1. The highest BCUT2D eigenvalue weighted by Gasteiger charge is 2.20. The Morgan fingerprint density at radius 3 is 3.29 bits per heavy atom. The SMILES string of the molecule is Cc1nc2n(n1)C[C@@H](NCc1ccc3c(c1)CCO3)CC2. The molecule has 0 amide bonds. The van der Waals surface area contributed by atoms with Crippen LogP contribution in [-0.4, -0.2) is 27.4 Å². The summed E-state index contributed by atoms with van der Waals surface area (Å²) in [5.74, 6) is 3.06. The molecule has 3 heterocycles. The molecular weight excluding hydrogens is 264 g/mol. The van der Waals surface area contributed by atoms with E-state index in [2.05, 4.69) is 33.6 Å². The van der Waals surface area contributed by atoms with Crippen molar-refractivity contribution in [2.24, 2.45) is 0 Å². The van der Waals surface area contributed by atoms with Crippen LogP contribution in [0.15, 0.2) is 18.2 Å². The zero-order valence-electron chi connectivity index (χ0n) is 12.3. The van der Waals surface area contributed by atoms with Gasteiger partial charge in [0.25, 0.3) is 0 Å². The average Bonchev–Trinajstić information content (AvgIpc) is 3.08. The molecule has 0 bridgehead atoms. The third-order valence-corrected chi connectivity index (χ3v) is 4.31. The second-order valence-electron chi connectivity index (χ2n) is 5.91. The molecule has 1 N–H and O–H groups in total. The average molecular weight is 284 g/mol. The van der Waals surface area contributed by atoms with Gasteiger partial charge in [-0.25, -0.2) is 9.67 Å². The smallest absolute Gasteiger partial charge is 0.147 e. The maximum absolute atomic E-state index is 5.55. The zero-order chi connectivity index (χ0) is 14.2. The van der Waals surface area contributed by atoms with E-state index in [9.17, 15) is 0 Å². The normalized spacial score (nSPS) is 20.0. The van der Waals surface area contributed by atoms with Gasteiger partial charge in [-0.15, -0.1) is 0 Å². The third kappa shape index (κ3) is 2.53. The number of rotatable bonds is 3. The summed E-state index contributed by atoms with van der Waals surface area (Å²) >= 11 is 0. The molecule has 4 rings (SSSR count). The number of ether oxygens (including phenoxy) is 1. The highest BCUT2D eigenvalue weighted by atomic mass is 16.5. The molecule has 0 radical (unpaired) electrons. The lowest BCUT2D eigenvalue weighted by Crippen LogP contribution is -2.37. The standard InChI is InChI=1S/C16H20N4O/c1-11-18-16-5-3-14(10-20(16)19-11)17-9-12-2-4-15-13(8-12)6-7-21-15/h2,4,8,14,17H,3,5-7,9-10H2,1H3/t14-/m0/s1. The lowest BCUT2D eigenvalue weighted by molar-refractivity contribution is 0.356. The molecular formula is C16H20N4O. The first-order valence-corrected chi connectivity index (χ1v) is 7.66. The van der Waals surface area contributed by atoms with Gasteiger partial charge in [0.05, 0.1) is 13.2 Å². The van der Waals surface area contributed by atoms with Crippen LogP contribution in [0.1, 0.15) is 29.2 Å². The van der Waals surface area contributed by atoms with Gasteiger partial charge < -0.3 is 10.1 Å². The van der Waals surface area contributed by atoms with E-state index in [4.69, 9.17) is 4.74 Å². The maximum Gasteiger partial charge on any atom is 0.147 e. The summed E-state index contributed by atoms with van der Waals surface area (Å²) in [7, 11) is 0. The fraction of sp³-hybridized carbons (Fsp3) is 0.500. The Morgan fingerprint density at radius 1 is 1.38 bits per heavy atom. The molecule has 110 valence electrons. The van der Waals surface area contributed by atoms with E-state index in [1.807, 2.05) is 11.6 Å². The van der Waals surface area contributed by atoms with E-state index in [0.29, 0.717) is 6.04 Å². The molecule has 0 unspecified atom stereocenters. The quantitative estimate of drug-likeness (QED) is 0.930. The van der Waals surface area contributed by atoms with E-state index in [-0.39, 0.29) is 0 Å². The van der Waals surface area contributed by atoms with Gasteiger partial charge in [-0.2, -0.15) is 5.10 Å². The fourth-order valence-electron chi connectivity index (χ4n) is 3.21. The highest BCUT2D eigenvalue weighted by Crippen LogP contribution is 2.26. The number of nitrogens with zero attached hydrogens (tertiary/aromatic N) is 3. The largest absolute Gasteiger partial charge is 0.493 e. The van der Waals surface area contributed by atoms with Crippen LogP contribution in [0.3, 0.4) is 0 Å². The summed E-state index contributed by atoms with van der Waals surface area (Å²) in [4.78, 5) is 4.45. The van der Waals surface area contributed by atoms with Crippen molar-refractivity contribution in [2.45, 2.75) is 45.3 Å².